The Balaban J connectivity index is 2.13. The van der Waals surface area contributed by atoms with Crippen LogP contribution < -0.4 is 5.32 Å². The van der Waals surface area contributed by atoms with E-state index >= 15 is 0 Å². The van der Waals surface area contributed by atoms with E-state index in [1.165, 1.54) is 10.4 Å². The van der Waals surface area contributed by atoms with Crippen LogP contribution in [0, 0.1) is 13.8 Å². The second-order valence-corrected chi connectivity index (χ2v) is 7.06. The molecule has 0 spiro atoms. The Morgan fingerprint density at radius 2 is 1.86 bits per heavy atom. The third kappa shape index (κ3) is 2.80. The molecule has 108 valence electrons. The maximum absolute atomic E-state index is 4.68. The SMILES string of the molecule is CCc1nc(Nc2ccc(Br)cc2)c2c(C)c(C)sc2n1. The second-order valence-electron chi connectivity index (χ2n) is 4.94. The van der Waals surface area contributed by atoms with Crippen LogP contribution in [0.2, 0.25) is 0 Å². The summed E-state index contributed by atoms with van der Waals surface area (Å²) in [5.41, 5.74) is 2.29. The van der Waals surface area contributed by atoms with Gasteiger partial charge in [-0.2, -0.15) is 0 Å². The largest absolute Gasteiger partial charge is 0.340 e. The number of halogens is 1. The maximum atomic E-state index is 4.68. The van der Waals surface area contributed by atoms with Gasteiger partial charge in [0.2, 0.25) is 0 Å². The third-order valence-electron chi connectivity index (χ3n) is 3.50. The van der Waals surface area contributed by atoms with Gasteiger partial charge >= 0.3 is 0 Å². The summed E-state index contributed by atoms with van der Waals surface area (Å²) in [6, 6.07) is 8.12. The van der Waals surface area contributed by atoms with Crippen molar-refractivity contribution in [2.24, 2.45) is 0 Å². The molecule has 0 saturated carbocycles. The monoisotopic (exact) mass is 361 g/mol. The number of thiophene rings is 1. The highest BCUT2D eigenvalue weighted by Gasteiger charge is 2.14. The molecular formula is C16H16BrN3S. The van der Waals surface area contributed by atoms with Gasteiger partial charge in [-0.1, -0.05) is 22.9 Å². The number of aryl methyl sites for hydroxylation is 3. The molecule has 0 unspecified atom stereocenters. The van der Waals surface area contributed by atoms with Crippen LogP contribution in [0.1, 0.15) is 23.2 Å². The van der Waals surface area contributed by atoms with Crippen molar-refractivity contribution in [3.05, 3.63) is 45.0 Å². The third-order valence-corrected chi connectivity index (χ3v) is 5.13. The van der Waals surface area contributed by atoms with E-state index in [0.29, 0.717) is 0 Å². The molecule has 0 amide bonds. The number of anilines is 2. The summed E-state index contributed by atoms with van der Waals surface area (Å²) in [7, 11) is 0. The molecule has 0 fully saturated rings. The molecule has 1 N–H and O–H groups in total. The van der Waals surface area contributed by atoms with Crippen LogP contribution in [0.25, 0.3) is 10.2 Å². The fraction of sp³-hybridized carbons (Fsp3) is 0.250. The fourth-order valence-electron chi connectivity index (χ4n) is 2.21. The van der Waals surface area contributed by atoms with E-state index < -0.39 is 0 Å². The quantitative estimate of drug-likeness (QED) is 0.680. The normalized spacial score (nSPS) is 11.0. The molecule has 0 atom stereocenters. The molecule has 0 aliphatic carbocycles. The number of rotatable bonds is 3. The number of benzene rings is 1. The molecule has 1 aromatic carbocycles. The van der Waals surface area contributed by atoms with Crippen LogP contribution in [-0.4, -0.2) is 9.97 Å². The fourth-order valence-corrected chi connectivity index (χ4v) is 3.52. The Labute approximate surface area is 136 Å². The molecular weight excluding hydrogens is 346 g/mol. The summed E-state index contributed by atoms with van der Waals surface area (Å²) in [6.07, 6.45) is 0.834. The van der Waals surface area contributed by atoms with Crippen molar-refractivity contribution < 1.29 is 0 Å². The predicted molar refractivity (Wildman–Crippen MR) is 93.7 cm³/mol. The van der Waals surface area contributed by atoms with Gasteiger partial charge in [-0.25, -0.2) is 9.97 Å². The minimum absolute atomic E-state index is 0.834. The van der Waals surface area contributed by atoms with E-state index in [2.05, 4.69) is 52.0 Å². The number of fused-ring (bicyclic) bond motifs is 1. The zero-order valence-corrected chi connectivity index (χ0v) is 14.6. The van der Waals surface area contributed by atoms with E-state index in [-0.39, 0.29) is 0 Å². The van der Waals surface area contributed by atoms with E-state index in [1.807, 2.05) is 24.3 Å². The first-order chi connectivity index (χ1) is 10.1. The number of aromatic nitrogens is 2. The van der Waals surface area contributed by atoms with Crippen molar-refractivity contribution in [2.45, 2.75) is 27.2 Å². The summed E-state index contributed by atoms with van der Waals surface area (Å²) in [5, 5.41) is 4.57. The van der Waals surface area contributed by atoms with Crippen LogP contribution in [0.3, 0.4) is 0 Å². The molecule has 3 rings (SSSR count). The molecule has 0 bridgehead atoms. The number of hydrogen-bond donors (Lipinski definition) is 1. The summed E-state index contributed by atoms with van der Waals surface area (Å²) in [6.45, 7) is 6.35. The Morgan fingerprint density at radius 1 is 1.14 bits per heavy atom. The van der Waals surface area contributed by atoms with Crippen LogP contribution in [0.4, 0.5) is 11.5 Å². The van der Waals surface area contributed by atoms with E-state index in [1.54, 1.807) is 11.3 Å². The van der Waals surface area contributed by atoms with Crippen LogP contribution in [0.5, 0.6) is 0 Å². The lowest BCUT2D eigenvalue weighted by Crippen LogP contribution is -2.00. The average molecular weight is 362 g/mol. The van der Waals surface area contributed by atoms with Gasteiger partial charge in [0, 0.05) is 21.5 Å². The minimum atomic E-state index is 0.834. The summed E-state index contributed by atoms with van der Waals surface area (Å²) in [5.74, 6) is 1.78. The Hall–Kier alpha value is -1.46. The van der Waals surface area contributed by atoms with Crippen LogP contribution in [-0.2, 0) is 6.42 Å². The summed E-state index contributed by atoms with van der Waals surface area (Å²) in [4.78, 5) is 11.7. The molecule has 0 saturated heterocycles. The van der Waals surface area contributed by atoms with Gasteiger partial charge in [0.15, 0.2) is 0 Å². The molecule has 0 aliphatic rings. The Morgan fingerprint density at radius 3 is 2.52 bits per heavy atom. The summed E-state index contributed by atoms with van der Waals surface area (Å²) >= 11 is 5.19. The van der Waals surface area contributed by atoms with Crippen molar-refractivity contribution in [2.75, 3.05) is 5.32 Å². The van der Waals surface area contributed by atoms with Crippen LogP contribution >= 0.6 is 27.3 Å². The van der Waals surface area contributed by atoms with Crippen molar-refractivity contribution in [3.63, 3.8) is 0 Å². The van der Waals surface area contributed by atoms with Gasteiger partial charge in [-0.3, -0.25) is 0 Å². The van der Waals surface area contributed by atoms with Gasteiger partial charge in [0.1, 0.15) is 16.5 Å². The molecule has 2 heterocycles. The molecule has 5 heteroatoms. The average Bonchev–Trinajstić information content (AvgIpc) is 2.76. The highest BCUT2D eigenvalue weighted by atomic mass is 79.9. The first kappa shape index (κ1) is 14.5. The highest BCUT2D eigenvalue weighted by molar-refractivity contribution is 9.10. The molecule has 0 aliphatic heterocycles. The first-order valence-corrected chi connectivity index (χ1v) is 8.48. The molecule has 3 aromatic rings. The molecule has 2 aromatic heterocycles. The number of nitrogens with zero attached hydrogens (tertiary/aromatic N) is 2. The first-order valence-electron chi connectivity index (χ1n) is 6.87. The Kier molecular flexibility index (Phi) is 3.95. The topological polar surface area (TPSA) is 37.8 Å². The number of nitrogens with one attached hydrogen (secondary N) is 1. The molecule has 21 heavy (non-hydrogen) atoms. The van der Waals surface area contributed by atoms with Crippen molar-refractivity contribution in [1.29, 1.82) is 0 Å². The van der Waals surface area contributed by atoms with Gasteiger partial charge < -0.3 is 5.32 Å². The second kappa shape index (κ2) is 5.73. The van der Waals surface area contributed by atoms with Gasteiger partial charge in [0.25, 0.3) is 0 Å². The summed E-state index contributed by atoms with van der Waals surface area (Å²) < 4.78 is 1.07. The van der Waals surface area contributed by atoms with E-state index in [0.717, 1.165) is 38.4 Å². The highest BCUT2D eigenvalue weighted by Crippen LogP contribution is 2.34. The Bertz CT molecular complexity index is 793. The van der Waals surface area contributed by atoms with Crippen molar-refractivity contribution >= 4 is 49.0 Å². The lowest BCUT2D eigenvalue weighted by Gasteiger charge is -2.09. The minimum Gasteiger partial charge on any atom is -0.340 e. The van der Waals surface area contributed by atoms with Crippen LogP contribution in [0.15, 0.2) is 28.7 Å². The molecule has 3 nitrogen and oxygen atoms in total. The van der Waals surface area contributed by atoms with Gasteiger partial charge in [-0.15, -0.1) is 11.3 Å². The van der Waals surface area contributed by atoms with E-state index in [4.69, 9.17) is 0 Å². The van der Waals surface area contributed by atoms with Crippen molar-refractivity contribution in [3.8, 4) is 0 Å². The van der Waals surface area contributed by atoms with Crippen molar-refractivity contribution in [1.82, 2.24) is 9.97 Å². The zero-order valence-electron chi connectivity index (χ0n) is 12.2. The van der Waals surface area contributed by atoms with Gasteiger partial charge in [-0.05, 0) is 43.7 Å². The zero-order chi connectivity index (χ0) is 15.0. The predicted octanol–water partition coefficient (Wildman–Crippen LogP) is 5.38. The number of hydrogen-bond acceptors (Lipinski definition) is 4. The standard InChI is InChI=1S/C16H16BrN3S/c1-4-13-19-15(18-12-7-5-11(17)6-8-12)14-9(2)10(3)21-16(14)20-13/h5-8H,4H2,1-3H3,(H,18,19,20). The molecule has 0 radical (unpaired) electrons. The van der Waals surface area contributed by atoms with E-state index in [9.17, 15) is 0 Å². The smallest absolute Gasteiger partial charge is 0.143 e. The lowest BCUT2D eigenvalue weighted by atomic mass is 10.2. The van der Waals surface area contributed by atoms with Gasteiger partial charge in [0.05, 0.1) is 5.39 Å². The lowest BCUT2D eigenvalue weighted by molar-refractivity contribution is 0.967. The maximum Gasteiger partial charge on any atom is 0.143 e.